The predicted octanol–water partition coefficient (Wildman–Crippen LogP) is 0.492. The highest BCUT2D eigenvalue weighted by Crippen LogP contribution is 2.17. The summed E-state index contributed by atoms with van der Waals surface area (Å²) in [6.07, 6.45) is 0. The Kier molecular flexibility index (Phi) is 5.00. The second kappa shape index (κ2) is 6.50. The van der Waals surface area contributed by atoms with Crippen molar-refractivity contribution in [2.24, 2.45) is 5.73 Å². The standard InChI is InChI=1S/C10H13FN4O3/c11-8-5-7(1-2-9(8)15(17)18)6-13-3-4-14-10(12)16/h1-2,5,13H,3-4,6H2,(H3,12,14,16). The number of carbonyl (C=O) groups is 1. The van der Waals surface area contributed by atoms with Gasteiger partial charge in [0.05, 0.1) is 4.92 Å². The van der Waals surface area contributed by atoms with Crippen LogP contribution in [0.5, 0.6) is 0 Å². The summed E-state index contributed by atoms with van der Waals surface area (Å²) >= 11 is 0. The van der Waals surface area contributed by atoms with Gasteiger partial charge in [0, 0.05) is 25.7 Å². The lowest BCUT2D eigenvalue weighted by molar-refractivity contribution is -0.387. The number of hydrogen-bond acceptors (Lipinski definition) is 4. The van der Waals surface area contributed by atoms with Crippen molar-refractivity contribution in [1.82, 2.24) is 10.6 Å². The van der Waals surface area contributed by atoms with E-state index >= 15 is 0 Å². The van der Waals surface area contributed by atoms with Crippen molar-refractivity contribution in [3.8, 4) is 0 Å². The molecule has 4 N–H and O–H groups in total. The number of benzene rings is 1. The summed E-state index contributed by atoms with van der Waals surface area (Å²) in [6, 6.07) is 3.08. The van der Waals surface area contributed by atoms with Gasteiger partial charge in [0.15, 0.2) is 0 Å². The van der Waals surface area contributed by atoms with Crippen molar-refractivity contribution in [1.29, 1.82) is 0 Å². The number of carbonyl (C=O) groups excluding carboxylic acids is 1. The number of nitrogens with two attached hydrogens (primary N) is 1. The maximum Gasteiger partial charge on any atom is 0.312 e. The predicted molar refractivity (Wildman–Crippen MR) is 62.3 cm³/mol. The van der Waals surface area contributed by atoms with E-state index in [-0.39, 0.29) is 0 Å². The van der Waals surface area contributed by atoms with Gasteiger partial charge < -0.3 is 16.4 Å². The molecule has 0 unspecified atom stereocenters. The fourth-order valence-corrected chi connectivity index (χ4v) is 1.32. The molecule has 2 amide bonds. The van der Waals surface area contributed by atoms with E-state index in [4.69, 9.17) is 5.73 Å². The van der Waals surface area contributed by atoms with Gasteiger partial charge in [-0.05, 0) is 11.6 Å². The molecule has 0 heterocycles. The van der Waals surface area contributed by atoms with Gasteiger partial charge >= 0.3 is 11.7 Å². The Labute approximate surface area is 102 Å². The van der Waals surface area contributed by atoms with Crippen molar-refractivity contribution >= 4 is 11.7 Å². The van der Waals surface area contributed by atoms with Crippen LogP contribution in [0.4, 0.5) is 14.9 Å². The molecule has 1 rings (SSSR count). The number of urea groups is 1. The van der Waals surface area contributed by atoms with Crippen LogP contribution < -0.4 is 16.4 Å². The molecule has 1 aromatic rings. The Bertz CT molecular complexity index is 453. The van der Waals surface area contributed by atoms with Crippen molar-refractivity contribution in [3.63, 3.8) is 0 Å². The summed E-state index contributed by atoms with van der Waals surface area (Å²) in [7, 11) is 0. The minimum Gasteiger partial charge on any atom is -0.352 e. The monoisotopic (exact) mass is 256 g/mol. The van der Waals surface area contributed by atoms with Crippen molar-refractivity contribution in [2.45, 2.75) is 6.54 Å². The zero-order valence-corrected chi connectivity index (χ0v) is 9.48. The van der Waals surface area contributed by atoms with Crippen LogP contribution >= 0.6 is 0 Å². The Hall–Kier alpha value is -2.22. The molecule has 0 fully saturated rings. The number of nitro benzene ring substituents is 1. The molecule has 0 aliphatic rings. The quantitative estimate of drug-likeness (QED) is 0.391. The summed E-state index contributed by atoms with van der Waals surface area (Å²) in [5, 5.41) is 15.7. The molecule has 0 saturated heterocycles. The third-order valence-corrected chi connectivity index (χ3v) is 2.14. The van der Waals surface area contributed by atoms with Crippen LogP contribution in [0.1, 0.15) is 5.56 Å². The molecule has 0 saturated carbocycles. The average Bonchev–Trinajstić information content (AvgIpc) is 2.27. The van der Waals surface area contributed by atoms with Gasteiger partial charge in [0.1, 0.15) is 0 Å². The molecule has 0 aliphatic carbocycles. The molecule has 0 aliphatic heterocycles. The van der Waals surface area contributed by atoms with E-state index < -0.39 is 22.5 Å². The van der Waals surface area contributed by atoms with Crippen molar-refractivity contribution in [3.05, 3.63) is 39.7 Å². The zero-order valence-electron chi connectivity index (χ0n) is 9.48. The van der Waals surface area contributed by atoms with Gasteiger partial charge in [0.2, 0.25) is 5.82 Å². The van der Waals surface area contributed by atoms with Gasteiger partial charge in [-0.15, -0.1) is 0 Å². The first kappa shape index (κ1) is 13.8. The van der Waals surface area contributed by atoms with Crippen LogP contribution in [0, 0.1) is 15.9 Å². The first-order chi connectivity index (χ1) is 8.50. The molecular formula is C10H13FN4O3. The molecule has 0 atom stereocenters. The van der Waals surface area contributed by atoms with Gasteiger partial charge in [-0.3, -0.25) is 10.1 Å². The minimum absolute atomic E-state index is 0.343. The molecule has 0 spiro atoms. The summed E-state index contributed by atoms with van der Waals surface area (Å²) < 4.78 is 13.2. The van der Waals surface area contributed by atoms with Gasteiger partial charge in [-0.1, -0.05) is 6.07 Å². The maximum atomic E-state index is 13.2. The van der Waals surface area contributed by atoms with E-state index in [9.17, 15) is 19.3 Å². The van der Waals surface area contributed by atoms with E-state index in [0.717, 1.165) is 12.1 Å². The number of hydrogen-bond donors (Lipinski definition) is 3. The van der Waals surface area contributed by atoms with Crippen LogP contribution in [-0.2, 0) is 6.54 Å². The Morgan fingerprint density at radius 2 is 2.17 bits per heavy atom. The molecule has 7 nitrogen and oxygen atoms in total. The van der Waals surface area contributed by atoms with E-state index in [1.807, 2.05) is 0 Å². The lowest BCUT2D eigenvalue weighted by Crippen LogP contribution is -2.35. The second-order valence-electron chi connectivity index (χ2n) is 3.51. The van der Waals surface area contributed by atoms with Gasteiger partial charge in [0.25, 0.3) is 0 Å². The van der Waals surface area contributed by atoms with E-state index in [1.165, 1.54) is 6.07 Å². The topological polar surface area (TPSA) is 110 Å². The molecule has 0 radical (unpaired) electrons. The third kappa shape index (κ3) is 4.34. The van der Waals surface area contributed by atoms with Crippen molar-refractivity contribution in [2.75, 3.05) is 13.1 Å². The Morgan fingerprint density at radius 3 is 2.72 bits per heavy atom. The highest BCUT2D eigenvalue weighted by molar-refractivity contribution is 5.71. The van der Waals surface area contributed by atoms with Crippen LogP contribution in [0.15, 0.2) is 18.2 Å². The van der Waals surface area contributed by atoms with Crippen LogP contribution in [0.3, 0.4) is 0 Å². The lowest BCUT2D eigenvalue weighted by Gasteiger charge is -2.05. The summed E-state index contributed by atoms with van der Waals surface area (Å²) in [5.41, 5.74) is 4.89. The summed E-state index contributed by atoms with van der Waals surface area (Å²) in [4.78, 5) is 20.0. The van der Waals surface area contributed by atoms with Crippen molar-refractivity contribution < 1.29 is 14.1 Å². The molecule has 8 heteroatoms. The Morgan fingerprint density at radius 1 is 1.44 bits per heavy atom. The van der Waals surface area contributed by atoms with E-state index in [2.05, 4.69) is 10.6 Å². The summed E-state index contributed by atoms with van der Waals surface area (Å²) in [6.45, 7) is 1.15. The van der Waals surface area contributed by atoms with E-state index in [1.54, 1.807) is 0 Å². The second-order valence-corrected chi connectivity index (χ2v) is 3.51. The Balaban J connectivity index is 2.42. The molecule has 98 valence electrons. The highest BCUT2D eigenvalue weighted by Gasteiger charge is 2.13. The minimum atomic E-state index is -0.866. The SMILES string of the molecule is NC(=O)NCCNCc1ccc([N+](=O)[O-])c(F)c1. The molecule has 18 heavy (non-hydrogen) atoms. The molecule has 1 aromatic carbocycles. The molecule has 0 bridgehead atoms. The number of nitrogens with zero attached hydrogens (tertiary/aromatic N) is 1. The smallest absolute Gasteiger partial charge is 0.312 e. The lowest BCUT2D eigenvalue weighted by atomic mass is 10.2. The van der Waals surface area contributed by atoms with Gasteiger partial charge in [-0.25, -0.2) is 4.79 Å². The zero-order chi connectivity index (χ0) is 13.5. The number of halogens is 1. The largest absolute Gasteiger partial charge is 0.352 e. The number of primary amides is 1. The maximum absolute atomic E-state index is 13.2. The van der Waals surface area contributed by atoms with Crippen LogP contribution in [0.25, 0.3) is 0 Å². The number of nitrogens with one attached hydrogen (secondary N) is 2. The normalized spacial score (nSPS) is 10.1. The van der Waals surface area contributed by atoms with Crippen LogP contribution in [-0.4, -0.2) is 24.0 Å². The first-order valence-electron chi connectivity index (χ1n) is 5.17. The molecular weight excluding hydrogens is 243 g/mol. The first-order valence-corrected chi connectivity index (χ1v) is 5.17. The number of rotatable bonds is 6. The molecule has 0 aromatic heterocycles. The average molecular weight is 256 g/mol. The number of nitro groups is 1. The van der Waals surface area contributed by atoms with E-state index in [0.29, 0.717) is 25.2 Å². The summed E-state index contributed by atoms with van der Waals surface area (Å²) in [5.74, 6) is -0.866. The number of amides is 2. The fraction of sp³-hybridized carbons (Fsp3) is 0.300. The third-order valence-electron chi connectivity index (χ3n) is 2.14. The highest BCUT2D eigenvalue weighted by atomic mass is 19.1. The fourth-order valence-electron chi connectivity index (χ4n) is 1.32. The van der Waals surface area contributed by atoms with Gasteiger partial charge in [-0.2, -0.15) is 4.39 Å². The van der Waals surface area contributed by atoms with Crippen LogP contribution in [0.2, 0.25) is 0 Å².